The van der Waals surface area contributed by atoms with Crippen LogP contribution in [0.15, 0.2) is 42.6 Å². The number of methoxy groups -OCH3 is 1. The zero-order chi connectivity index (χ0) is 18.7. The first-order valence-electron chi connectivity index (χ1n) is 7.30. The summed E-state index contributed by atoms with van der Waals surface area (Å²) in [5, 5.41) is 17.0. The molecule has 2 aromatic heterocycles. The van der Waals surface area contributed by atoms with E-state index in [1.807, 2.05) is 6.07 Å². The fourth-order valence-corrected chi connectivity index (χ4v) is 2.39. The van der Waals surface area contributed by atoms with Gasteiger partial charge in [-0.15, -0.1) is 10.2 Å². The highest BCUT2D eigenvalue weighted by atomic mass is 35.5. The van der Waals surface area contributed by atoms with Crippen LogP contribution in [0.2, 0.25) is 5.15 Å². The summed E-state index contributed by atoms with van der Waals surface area (Å²) < 4.78 is 11.9. The number of nitriles is 1. The van der Waals surface area contributed by atoms with Gasteiger partial charge in [0.1, 0.15) is 11.8 Å². The van der Waals surface area contributed by atoms with Crippen molar-refractivity contribution in [1.29, 1.82) is 5.26 Å². The number of nitrogen functional groups attached to an aromatic ring is 1. The summed E-state index contributed by atoms with van der Waals surface area (Å²) in [5.74, 6) is 0.0454. The van der Waals surface area contributed by atoms with Crippen molar-refractivity contribution in [3.05, 3.63) is 59.0 Å². The standard InChI is InChI=1S/C17H12ClN5O3/c1-25-17(24)16-15(20)10(8-19)9-23(16)11-3-2-4-12(7-11)26-14-6-5-13(18)21-22-14/h2-7,9H,20H2,1H3. The first kappa shape index (κ1) is 17.3. The summed E-state index contributed by atoms with van der Waals surface area (Å²) in [5.41, 5.74) is 6.73. The van der Waals surface area contributed by atoms with E-state index in [2.05, 4.69) is 10.2 Å². The van der Waals surface area contributed by atoms with Crippen LogP contribution >= 0.6 is 11.6 Å². The first-order chi connectivity index (χ1) is 12.5. The minimum Gasteiger partial charge on any atom is -0.464 e. The molecule has 0 amide bonds. The van der Waals surface area contributed by atoms with Gasteiger partial charge in [-0.2, -0.15) is 5.26 Å². The number of anilines is 1. The van der Waals surface area contributed by atoms with Crippen LogP contribution in [0.5, 0.6) is 11.6 Å². The highest BCUT2D eigenvalue weighted by Gasteiger charge is 2.21. The number of carbonyl (C=O) groups excluding carboxylic acids is 1. The molecule has 130 valence electrons. The molecule has 0 saturated carbocycles. The number of hydrogen-bond donors (Lipinski definition) is 1. The molecular formula is C17H12ClN5O3. The molecular weight excluding hydrogens is 358 g/mol. The SMILES string of the molecule is COC(=O)c1c(N)c(C#N)cn1-c1cccc(Oc2ccc(Cl)nn2)c1. The van der Waals surface area contributed by atoms with Gasteiger partial charge in [-0.25, -0.2) is 4.79 Å². The topological polar surface area (TPSA) is 116 Å². The van der Waals surface area contributed by atoms with Gasteiger partial charge in [0.25, 0.3) is 0 Å². The van der Waals surface area contributed by atoms with Gasteiger partial charge in [-0.1, -0.05) is 17.7 Å². The van der Waals surface area contributed by atoms with Crippen molar-refractivity contribution < 1.29 is 14.3 Å². The molecule has 2 heterocycles. The number of hydrogen-bond acceptors (Lipinski definition) is 7. The number of nitrogens with two attached hydrogens (primary N) is 1. The highest BCUT2D eigenvalue weighted by molar-refractivity contribution is 6.29. The Morgan fingerprint density at radius 2 is 2.12 bits per heavy atom. The van der Waals surface area contributed by atoms with E-state index in [9.17, 15) is 10.1 Å². The van der Waals surface area contributed by atoms with Crippen molar-refractivity contribution in [2.75, 3.05) is 12.8 Å². The van der Waals surface area contributed by atoms with Crippen molar-refractivity contribution in [3.8, 4) is 23.4 Å². The maximum Gasteiger partial charge on any atom is 0.357 e. The highest BCUT2D eigenvalue weighted by Crippen LogP contribution is 2.28. The van der Waals surface area contributed by atoms with Crippen molar-refractivity contribution in [2.24, 2.45) is 0 Å². The van der Waals surface area contributed by atoms with Crippen molar-refractivity contribution in [2.45, 2.75) is 0 Å². The zero-order valence-corrected chi connectivity index (χ0v) is 14.3. The van der Waals surface area contributed by atoms with E-state index in [1.54, 1.807) is 36.4 Å². The molecule has 1 aromatic carbocycles. The molecule has 0 bridgehead atoms. The molecule has 3 aromatic rings. The molecule has 0 aliphatic carbocycles. The van der Waals surface area contributed by atoms with E-state index in [4.69, 9.17) is 26.8 Å². The van der Waals surface area contributed by atoms with Crippen LogP contribution in [-0.2, 0) is 4.74 Å². The quantitative estimate of drug-likeness (QED) is 0.702. The lowest BCUT2D eigenvalue weighted by atomic mass is 10.2. The van der Waals surface area contributed by atoms with Crippen LogP contribution < -0.4 is 10.5 Å². The monoisotopic (exact) mass is 369 g/mol. The Labute approximate surface area is 153 Å². The Kier molecular flexibility index (Phi) is 4.73. The Morgan fingerprint density at radius 3 is 2.77 bits per heavy atom. The molecule has 26 heavy (non-hydrogen) atoms. The minimum atomic E-state index is -0.654. The zero-order valence-electron chi connectivity index (χ0n) is 13.5. The summed E-state index contributed by atoms with van der Waals surface area (Å²) in [7, 11) is 1.24. The van der Waals surface area contributed by atoms with Crippen LogP contribution in [0, 0.1) is 11.3 Å². The maximum atomic E-state index is 12.1. The number of aromatic nitrogens is 3. The second-order valence-corrected chi connectivity index (χ2v) is 5.46. The van der Waals surface area contributed by atoms with Crippen molar-refractivity contribution >= 4 is 23.3 Å². The molecule has 0 radical (unpaired) electrons. The number of rotatable bonds is 4. The number of benzene rings is 1. The van der Waals surface area contributed by atoms with Gasteiger partial charge >= 0.3 is 5.97 Å². The van der Waals surface area contributed by atoms with Crippen molar-refractivity contribution in [1.82, 2.24) is 14.8 Å². The average Bonchev–Trinajstić information content (AvgIpc) is 3.00. The van der Waals surface area contributed by atoms with E-state index < -0.39 is 5.97 Å². The number of carbonyl (C=O) groups is 1. The summed E-state index contributed by atoms with van der Waals surface area (Å²) >= 11 is 5.70. The predicted molar refractivity (Wildman–Crippen MR) is 93.4 cm³/mol. The molecule has 0 saturated heterocycles. The molecule has 0 aliphatic rings. The second-order valence-electron chi connectivity index (χ2n) is 5.07. The Hall–Kier alpha value is -3.57. The molecule has 0 atom stereocenters. The molecule has 8 nitrogen and oxygen atoms in total. The van der Waals surface area contributed by atoms with E-state index in [0.29, 0.717) is 11.4 Å². The molecule has 0 aliphatic heterocycles. The van der Waals surface area contributed by atoms with Crippen LogP contribution in [0.3, 0.4) is 0 Å². The molecule has 2 N–H and O–H groups in total. The second kappa shape index (κ2) is 7.13. The van der Waals surface area contributed by atoms with Gasteiger partial charge in [0.05, 0.1) is 18.4 Å². The van der Waals surface area contributed by atoms with Crippen LogP contribution in [0.1, 0.15) is 16.1 Å². The number of nitrogens with zero attached hydrogens (tertiary/aromatic N) is 4. The number of halogens is 1. The lowest BCUT2D eigenvalue weighted by molar-refractivity contribution is 0.0593. The van der Waals surface area contributed by atoms with Gasteiger partial charge in [-0.3, -0.25) is 0 Å². The normalized spacial score (nSPS) is 10.2. The van der Waals surface area contributed by atoms with Crippen LogP contribution in [0.25, 0.3) is 5.69 Å². The molecule has 0 fully saturated rings. The van der Waals surface area contributed by atoms with Crippen molar-refractivity contribution in [3.63, 3.8) is 0 Å². The third kappa shape index (κ3) is 3.29. The summed E-state index contributed by atoms with van der Waals surface area (Å²) in [6.45, 7) is 0. The van der Waals surface area contributed by atoms with Gasteiger partial charge in [0.2, 0.25) is 5.88 Å². The number of ether oxygens (including phenoxy) is 2. The lowest BCUT2D eigenvalue weighted by Gasteiger charge is -2.10. The predicted octanol–water partition coefficient (Wildman–Crippen LogP) is 2.95. The minimum absolute atomic E-state index is 0.0502. The lowest BCUT2D eigenvalue weighted by Crippen LogP contribution is -2.11. The third-order valence-electron chi connectivity index (χ3n) is 3.47. The molecule has 0 unspecified atom stereocenters. The van der Waals surface area contributed by atoms with E-state index >= 15 is 0 Å². The number of esters is 1. The van der Waals surface area contributed by atoms with E-state index in [-0.39, 0.29) is 28.0 Å². The van der Waals surface area contributed by atoms with Crippen LogP contribution in [0.4, 0.5) is 5.69 Å². The third-order valence-corrected chi connectivity index (χ3v) is 3.67. The van der Waals surface area contributed by atoms with Gasteiger partial charge in [0.15, 0.2) is 10.8 Å². The Bertz CT molecular complexity index is 1010. The molecule has 9 heteroatoms. The van der Waals surface area contributed by atoms with E-state index in [1.165, 1.54) is 17.9 Å². The molecule has 0 spiro atoms. The Balaban J connectivity index is 2.02. The molecule has 3 rings (SSSR count). The Morgan fingerprint density at radius 1 is 1.31 bits per heavy atom. The summed E-state index contributed by atoms with van der Waals surface area (Å²) in [6.07, 6.45) is 1.46. The van der Waals surface area contributed by atoms with Gasteiger partial charge in [0, 0.05) is 24.0 Å². The largest absolute Gasteiger partial charge is 0.464 e. The van der Waals surface area contributed by atoms with Crippen LogP contribution in [-0.4, -0.2) is 27.8 Å². The summed E-state index contributed by atoms with van der Waals surface area (Å²) in [6, 6.07) is 11.9. The average molecular weight is 370 g/mol. The van der Waals surface area contributed by atoms with Gasteiger partial charge < -0.3 is 19.8 Å². The maximum absolute atomic E-state index is 12.1. The smallest absolute Gasteiger partial charge is 0.357 e. The fraction of sp³-hybridized carbons (Fsp3) is 0.0588. The fourth-order valence-electron chi connectivity index (χ4n) is 2.29. The summed E-state index contributed by atoms with van der Waals surface area (Å²) in [4.78, 5) is 12.1. The van der Waals surface area contributed by atoms with Gasteiger partial charge in [-0.05, 0) is 18.2 Å². The first-order valence-corrected chi connectivity index (χ1v) is 7.68. The van der Waals surface area contributed by atoms with E-state index in [0.717, 1.165) is 0 Å².